The minimum Gasteiger partial charge on any atom is -0.392 e. The summed E-state index contributed by atoms with van der Waals surface area (Å²) in [6.45, 7) is 8.88. The number of aliphatic hydroxyl groups excluding tert-OH is 1. The van der Waals surface area contributed by atoms with Crippen LogP contribution in [0.25, 0.3) is 0 Å². The van der Waals surface area contributed by atoms with Crippen molar-refractivity contribution >= 4 is 0 Å². The molecule has 0 aromatic rings. The molecule has 3 nitrogen and oxygen atoms in total. The van der Waals surface area contributed by atoms with Crippen LogP contribution in [0.5, 0.6) is 0 Å². The molecule has 0 spiro atoms. The highest BCUT2D eigenvalue weighted by atomic mass is 16.5. The van der Waals surface area contributed by atoms with Crippen LogP contribution in [-0.4, -0.2) is 49.0 Å². The molecule has 0 saturated heterocycles. The largest absolute Gasteiger partial charge is 0.392 e. The number of ether oxygens (including phenoxy) is 1. The maximum absolute atomic E-state index is 9.96. The fourth-order valence-corrected chi connectivity index (χ4v) is 2.00. The Morgan fingerprint density at radius 3 is 2.38 bits per heavy atom. The first-order valence-electron chi connectivity index (χ1n) is 6.47. The smallest absolute Gasteiger partial charge is 0.0690 e. The van der Waals surface area contributed by atoms with Gasteiger partial charge < -0.3 is 9.84 Å². The van der Waals surface area contributed by atoms with Crippen molar-refractivity contribution in [3.8, 4) is 0 Å². The lowest BCUT2D eigenvalue weighted by molar-refractivity contribution is 0.0411. The summed E-state index contributed by atoms with van der Waals surface area (Å²) >= 11 is 0. The third-order valence-electron chi connectivity index (χ3n) is 3.65. The van der Waals surface area contributed by atoms with Gasteiger partial charge in [0.1, 0.15) is 0 Å². The van der Waals surface area contributed by atoms with Crippen molar-refractivity contribution in [2.24, 2.45) is 11.8 Å². The van der Waals surface area contributed by atoms with Gasteiger partial charge >= 0.3 is 0 Å². The maximum Gasteiger partial charge on any atom is 0.0690 e. The van der Waals surface area contributed by atoms with Crippen LogP contribution < -0.4 is 0 Å². The fourth-order valence-electron chi connectivity index (χ4n) is 2.00. The number of rotatable bonds is 8. The number of hydrogen-bond acceptors (Lipinski definition) is 3. The normalized spacial score (nSPS) is 20.4. The van der Waals surface area contributed by atoms with E-state index in [4.69, 9.17) is 4.74 Å². The predicted molar refractivity (Wildman–Crippen MR) is 66.5 cm³/mol. The molecule has 0 heterocycles. The van der Waals surface area contributed by atoms with Gasteiger partial charge in [0, 0.05) is 26.2 Å². The first-order chi connectivity index (χ1) is 7.56. The summed E-state index contributed by atoms with van der Waals surface area (Å²) in [5.74, 6) is 1.17. The predicted octanol–water partition coefficient (Wildman–Crippen LogP) is 1.75. The average Bonchev–Trinajstić information content (AvgIpc) is 3.06. The number of aliphatic hydroxyl groups is 1. The third kappa shape index (κ3) is 4.40. The summed E-state index contributed by atoms with van der Waals surface area (Å²) in [5.41, 5.74) is 0. The molecule has 0 amide bonds. The zero-order chi connectivity index (χ0) is 12.1. The van der Waals surface area contributed by atoms with Crippen LogP contribution in [0.15, 0.2) is 0 Å². The quantitative estimate of drug-likeness (QED) is 0.688. The number of methoxy groups -OCH3 is 1. The molecule has 1 N–H and O–H groups in total. The van der Waals surface area contributed by atoms with E-state index in [0.717, 1.165) is 25.6 Å². The molecule has 96 valence electrons. The first kappa shape index (κ1) is 13.9. The Balaban J connectivity index is 2.41. The molecule has 2 unspecified atom stereocenters. The van der Waals surface area contributed by atoms with Crippen molar-refractivity contribution in [2.45, 2.75) is 45.8 Å². The van der Waals surface area contributed by atoms with Gasteiger partial charge in [-0.15, -0.1) is 0 Å². The topological polar surface area (TPSA) is 32.7 Å². The Kier molecular flexibility index (Phi) is 5.73. The van der Waals surface area contributed by atoms with E-state index in [-0.39, 0.29) is 6.10 Å². The summed E-state index contributed by atoms with van der Waals surface area (Å²) < 4.78 is 5.14. The molecule has 3 heteroatoms. The summed E-state index contributed by atoms with van der Waals surface area (Å²) in [5, 5.41) is 9.96. The van der Waals surface area contributed by atoms with E-state index in [0.29, 0.717) is 12.0 Å². The number of nitrogens with zero attached hydrogens (tertiary/aromatic N) is 1. The molecule has 1 aliphatic rings. The first-order valence-corrected chi connectivity index (χ1v) is 6.47. The standard InChI is InChI=1S/C13H27NO2/c1-10(2)13(15)9-14(7-8-16-4)11(3)12-5-6-12/h10-13,15H,5-9H2,1-4H3. The Labute approximate surface area is 99.8 Å². The summed E-state index contributed by atoms with van der Waals surface area (Å²) in [4.78, 5) is 2.38. The fraction of sp³-hybridized carbons (Fsp3) is 1.00. The summed E-state index contributed by atoms with van der Waals surface area (Å²) in [6.07, 6.45) is 2.48. The molecule has 0 aromatic carbocycles. The molecule has 16 heavy (non-hydrogen) atoms. The van der Waals surface area contributed by atoms with Crippen LogP contribution >= 0.6 is 0 Å². The van der Waals surface area contributed by atoms with Gasteiger partial charge in [-0.05, 0) is 31.6 Å². The Hall–Kier alpha value is -0.120. The molecular formula is C13H27NO2. The zero-order valence-electron chi connectivity index (χ0n) is 11.1. The molecule has 0 radical (unpaired) electrons. The molecular weight excluding hydrogens is 202 g/mol. The molecule has 1 fully saturated rings. The molecule has 1 saturated carbocycles. The van der Waals surface area contributed by atoms with Crippen LogP contribution in [-0.2, 0) is 4.74 Å². The van der Waals surface area contributed by atoms with Crippen molar-refractivity contribution in [3.05, 3.63) is 0 Å². The highest BCUT2D eigenvalue weighted by Gasteiger charge is 2.32. The maximum atomic E-state index is 9.96. The lowest BCUT2D eigenvalue weighted by Gasteiger charge is -2.32. The van der Waals surface area contributed by atoms with E-state index in [1.54, 1.807) is 7.11 Å². The van der Waals surface area contributed by atoms with Gasteiger partial charge in [-0.3, -0.25) is 4.90 Å². The van der Waals surface area contributed by atoms with Gasteiger partial charge in [0.25, 0.3) is 0 Å². The van der Waals surface area contributed by atoms with Crippen LogP contribution in [0, 0.1) is 11.8 Å². The minimum atomic E-state index is -0.224. The van der Waals surface area contributed by atoms with Gasteiger partial charge in [-0.25, -0.2) is 0 Å². The van der Waals surface area contributed by atoms with Gasteiger partial charge in [0.05, 0.1) is 12.7 Å². The zero-order valence-corrected chi connectivity index (χ0v) is 11.1. The SMILES string of the molecule is COCCN(CC(O)C(C)C)C(C)C1CC1. The van der Waals surface area contributed by atoms with Gasteiger partial charge in [0.2, 0.25) is 0 Å². The van der Waals surface area contributed by atoms with Crippen molar-refractivity contribution in [1.29, 1.82) is 0 Å². The van der Waals surface area contributed by atoms with E-state index >= 15 is 0 Å². The van der Waals surface area contributed by atoms with E-state index < -0.39 is 0 Å². The van der Waals surface area contributed by atoms with Gasteiger partial charge in [-0.2, -0.15) is 0 Å². The molecule has 0 aliphatic heterocycles. The number of hydrogen-bond donors (Lipinski definition) is 1. The van der Waals surface area contributed by atoms with Crippen molar-refractivity contribution in [3.63, 3.8) is 0 Å². The van der Waals surface area contributed by atoms with E-state index in [2.05, 4.69) is 25.7 Å². The van der Waals surface area contributed by atoms with Crippen LogP contribution in [0.2, 0.25) is 0 Å². The third-order valence-corrected chi connectivity index (χ3v) is 3.65. The lowest BCUT2D eigenvalue weighted by atomic mass is 10.1. The van der Waals surface area contributed by atoms with E-state index in [9.17, 15) is 5.11 Å². The van der Waals surface area contributed by atoms with Crippen LogP contribution in [0.1, 0.15) is 33.6 Å². The van der Waals surface area contributed by atoms with Crippen LogP contribution in [0.3, 0.4) is 0 Å². The average molecular weight is 229 g/mol. The molecule has 1 aliphatic carbocycles. The molecule has 2 atom stereocenters. The summed E-state index contributed by atoms with van der Waals surface area (Å²) in [7, 11) is 1.73. The van der Waals surface area contributed by atoms with Crippen molar-refractivity contribution < 1.29 is 9.84 Å². The highest BCUT2D eigenvalue weighted by molar-refractivity contribution is 4.86. The van der Waals surface area contributed by atoms with Crippen molar-refractivity contribution in [2.75, 3.05) is 26.8 Å². The molecule has 0 aromatic heterocycles. The van der Waals surface area contributed by atoms with E-state index in [1.165, 1.54) is 12.8 Å². The van der Waals surface area contributed by atoms with Crippen molar-refractivity contribution in [1.82, 2.24) is 4.90 Å². The lowest BCUT2D eigenvalue weighted by Crippen LogP contribution is -2.43. The Morgan fingerprint density at radius 1 is 1.31 bits per heavy atom. The highest BCUT2D eigenvalue weighted by Crippen LogP contribution is 2.35. The second-order valence-corrected chi connectivity index (χ2v) is 5.38. The minimum absolute atomic E-state index is 0.224. The second kappa shape index (κ2) is 6.58. The van der Waals surface area contributed by atoms with Gasteiger partial charge in [-0.1, -0.05) is 13.8 Å². The monoisotopic (exact) mass is 229 g/mol. The summed E-state index contributed by atoms with van der Waals surface area (Å²) in [6, 6.07) is 0.587. The van der Waals surface area contributed by atoms with Crippen LogP contribution in [0.4, 0.5) is 0 Å². The Bertz CT molecular complexity index is 192. The molecule has 0 bridgehead atoms. The Morgan fingerprint density at radius 2 is 1.94 bits per heavy atom. The molecule has 1 rings (SSSR count). The van der Waals surface area contributed by atoms with Gasteiger partial charge in [0.15, 0.2) is 0 Å². The van der Waals surface area contributed by atoms with E-state index in [1.807, 2.05) is 0 Å². The second-order valence-electron chi connectivity index (χ2n) is 5.38.